The van der Waals surface area contributed by atoms with Gasteiger partial charge >= 0.3 is 0 Å². The summed E-state index contributed by atoms with van der Waals surface area (Å²) in [6, 6.07) is 8.20. The Morgan fingerprint density at radius 1 is 1.28 bits per heavy atom. The molecule has 1 aliphatic carbocycles. The first-order valence-electron chi connectivity index (χ1n) is 6.91. The summed E-state index contributed by atoms with van der Waals surface area (Å²) < 4.78 is 6.23. The first kappa shape index (κ1) is 13.4. The highest BCUT2D eigenvalue weighted by Gasteiger charge is 2.34. The molecule has 1 aromatic rings. The lowest BCUT2D eigenvalue weighted by Gasteiger charge is -2.38. The number of likely N-dealkylation sites (N-methyl/N-ethyl adjacent to an activating group) is 1. The largest absolute Gasteiger partial charge is 0.399 e. The Bertz CT molecular complexity index is 373. The molecule has 0 heterocycles. The Kier molecular flexibility index (Phi) is 4.61. The summed E-state index contributed by atoms with van der Waals surface area (Å²) in [5, 5.41) is 3.14. The van der Waals surface area contributed by atoms with Crippen LogP contribution in [0, 0.1) is 0 Å². The second-order valence-electron chi connectivity index (χ2n) is 5.13. The molecule has 0 aliphatic heterocycles. The van der Waals surface area contributed by atoms with E-state index < -0.39 is 0 Å². The van der Waals surface area contributed by atoms with Gasteiger partial charge in [-0.05, 0) is 37.6 Å². The van der Waals surface area contributed by atoms with Crippen molar-refractivity contribution < 1.29 is 4.74 Å². The molecule has 1 saturated carbocycles. The monoisotopic (exact) mass is 248 g/mol. The highest BCUT2D eigenvalue weighted by Crippen LogP contribution is 2.40. The molecule has 0 amide bonds. The van der Waals surface area contributed by atoms with E-state index in [2.05, 4.69) is 17.4 Å². The van der Waals surface area contributed by atoms with E-state index in [1.54, 1.807) is 0 Å². The standard InChI is InChI=1S/C15H24N2O/c1-17-10-11-18-15(8-3-2-4-9-15)13-6-5-7-14(16)12-13/h5-7,12,17H,2-4,8-11,16H2,1H3. The molecular weight excluding hydrogens is 224 g/mol. The lowest BCUT2D eigenvalue weighted by molar-refractivity contribution is -0.0740. The van der Waals surface area contributed by atoms with E-state index in [0.29, 0.717) is 0 Å². The van der Waals surface area contributed by atoms with Crippen LogP contribution in [0.15, 0.2) is 24.3 Å². The van der Waals surface area contributed by atoms with Crippen LogP contribution in [-0.4, -0.2) is 20.2 Å². The average Bonchev–Trinajstić information content (AvgIpc) is 2.40. The number of nitrogens with two attached hydrogens (primary N) is 1. The van der Waals surface area contributed by atoms with Crippen molar-refractivity contribution in [1.29, 1.82) is 0 Å². The van der Waals surface area contributed by atoms with Crippen LogP contribution in [0.2, 0.25) is 0 Å². The van der Waals surface area contributed by atoms with E-state index in [9.17, 15) is 0 Å². The topological polar surface area (TPSA) is 47.3 Å². The molecule has 0 saturated heterocycles. The Labute approximate surface area is 110 Å². The number of hydrogen-bond acceptors (Lipinski definition) is 3. The fourth-order valence-electron chi connectivity index (χ4n) is 2.81. The Morgan fingerprint density at radius 2 is 2.06 bits per heavy atom. The number of benzene rings is 1. The Morgan fingerprint density at radius 3 is 2.72 bits per heavy atom. The number of nitrogen functional groups attached to an aromatic ring is 1. The number of hydrogen-bond donors (Lipinski definition) is 2. The summed E-state index contributed by atoms with van der Waals surface area (Å²) in [4.78, 5) is 0. The van der Waals surface area contributed by atoms with Crippen LogP contribution in [0.1, 0.15) is 37.7 Å². The number of ether oxygens (including phenoxy) is 1. The van der Waals surface area contributed by atoms with Crippen LogP contribution in [0.25, 0.3) is 0 Å². The van der Waals surface area contributed by atoms with Crippen molar-refractivity contribution in [2.75, 3.05) is 25.9 Å². The fourth-order valence-corrected chi connectivity index (χ4v) is 2.81. The summed E-state index contributed by atoms with van der Waals surface area (Å²) in [7, 11) is 1.96. The maximum atomic E-state index is 6.23. The van der Waals surface area contributed by atoms with Crippen LogP contribution in [-0.2, 0) is 10.3 Å². The van der Waals surface area contributed by atoms with Gasteiger partial charge in [0.2, 0.25) is 0 Å². The van der Waals surface area contributed by atoms with E-state index in [1.165, 1.54) is 24.8 Å². The van der Waals surface area contributed by atoms with Gasteiger partial charge in [0, 0.05) is 12.2 Å². The van der Waals surface area contributed by atoms with Crippen LogP contribution < -0.4 is 11.1 Å². The third-order valence-corrected chi connectivity index (χ3v) is 3.80. The third-order valence-electron chi connectivity index (χ3n) is 3.80. The summed E-state index contributed by atoms with van der Waals surface area (Å²) in [5.74, 6) is 0. The predicted octanol–water partition coefficient (Wildman–Crippen LogP) is 2.66. The summed E-state index contributed by atoms with van der Waals surface area (Å²) in [6.45, 7) is 1.65. The zero-order chi connectivity index (χ0) is 12.8. The normalized spacial score (nSPS) is 18.7. The summed E-state index contributed by atoms with van der Waals surface area (Å²) >= 11 is 0. The number of rotatable bonds is 5. The van der Waals surface area contributed by atoms with Gasteiger partial charge in [0.05, 0.1) is 12.2 Å². The first-order valence-corrected chi connectivity index (χ1v) is 6.91. The third kappa shape index (κ3) is 3.03. The van der Waals surface area contributed by atoms with Crippen molar-refractivity contribution in [3.05, 3.63) is 29.8 Å². The van der Waals surface area contributed by atoms with Gasteiger partial charge in [-0.3, -0.25) is 0 Å². The van der Waals surface area contributed by atoms with Crippen molar-refractivity contribution in [1.82, 2.24) is 5.32 Å². The minimum atomic E-state index is -0.107. The molecule has 0 unspecified atom stereocenters. The SMILES string of the molecule is CNCCOC1(c2cccc(N)c2)CCCCC1. The van der Waals surface area contributed by atoms with Gasteiger partial charge in [0.15, 0.2) is 0 Å². The zero-order valence-electron chi connectivity index (χ0n) is 11.2. The fraction of sp³-hybridized carbons (Fsp3) is 0.600. The lowest BCUT2D eigenvalue weighted by atomic mass is 9.79. The molecule has 1 aliphatic rings. The van der Waals surface area contributed by atoms with Crippen molar-refractivity contribution >= 4 is 5.69 Å². The summed E-state index contributed by atoms with van der Waals surface area (Å²) in [6.07, 6.45) is 6.03. The second kappa shape index (κ2) is 6.21. The van der Waals surface area contributed by atoms with Crippen molar-refractivity contribution in [3.63, 3.8) is 0 Å². The first-order chi connectivity index (χ1) is 8.77. The highest BCUT2D eigenvalue weighted by atomic mass is 16.5. The molecule has 0 aromatic heterocycles. The van der Waals surface area contributed by atoms with Crippen LogP contribution in [0.3, 0.4) is 0 Å². The molecule has 3 nitrogen and oxygen atoms in total. The molecule has 1 aromatic carbocycles. The van der Waals surface area contributed by atoms with E-state index in [4.69, 9.17) is 10.5 Å². The summed E-state index contributed by atoms with van der Waals surface area (Å²) in [5.41, 5.74) is 7.88. The Balaban J connectivity index is 2.17. The predicted molar refractivity (Wildman–Crippen MR) is 75.5 cm³/mol. The average molecular weight is 248 g/mol. The number of anilines is 1. The highest BCUT2D eigenvalue weighted by molar-refractivity contribution is 5.42. The van der Waals surface area contributed by atoms with E-state index >= 15 is 0 Å². The van der Waals surface area contributed by atoms with Gasteiger partial charge < -0.3 is 15.8 Å². The quantitative estimate of drug-likeness (QED) is 0.622. The zero-order valence-corrected chi connectivity index (χ0v) is 11.2. The lowest BCUT2D eigenvalue weighted by Crippen LogP contribution is -2.34. The van der Waals surface area contributed by atoms with Gasteiger partial charge in [-0.15, -0.1) is 0 Å². The van der Waals surface area contributed by atoms with Crippen LogP contribution in [0.4, 0.5) is 5.69 Å². The van der Waals surface area contributed by atoms with E-state index in [1.807, 2.05) is 19.2 Å². The van der Waals surface area contributed by atoms with Gasteiger partial charge in [-0.2, -0.15) is 0 Å². The molecule has 1 fully saturated rings. The molecule has 0 spiro atoms. The molecule has 0 radical (unpaired) electrons. The van der Waals surface area contributed by atoms with Crippen LogP contribution >= 0.6 is 0 Å². The maximum absolute atomic E-state index is 6.23. The van der Waals surface area contributed by atoms with Crippen molar-refractivity contribution in [2.24, 2.45) is 0 Å². The molecule has 0 bridgehead atoms. The molecule has 3 N–H and O–H groups in total. The molecule has 0 atom stereocenters. The minimum Gasteiger partial charge on any atom is -0.399 e. The molecule has 100 valence electrons. The van der Waals surface area contributed by atoms with Gasteiger partial charge in [0.25, 0.3) is 0 Å². The molecule has 3 heteroatoms. The smallest absolute Gasteiger partial charge is 0.0932 e. The van der Waals surface area contributed by atoms with E-state index in [-0.39, 0.29) is 5.60 Å². The van der Waals surface area contributed by atoms with Gasteiger partial charge in [0.1, 0.15) is 0 Å². The minimum absolute atomic E-state index is 0.107. The van der Waals surface area contributed by atoms with Crippen LogP contribution in [0.5, 0.6) is 0 Å². The Hall–Kier alpha value is -1.06. The molecule has 2 rings (SSSR count). The van der Waals surface area contributed by atoms with Gasteiger partial charge in [-0.25, -0.2) is 0 Å². The maximum Gasteiger partial charge on any atom is 0.0932 e. The number of nitrogens with one attached hydrogen (secondary N) is 1. The van der Waals surface area contributed by atoms with Crippen molar-refractivity contribution in [2.45, 2.75) is 37.7 Å². The second-order valence-corrected chi connectivity index (χ2v) is 5.13. The van der Waals surface area contributed by atoms with E-state index in [0.717, 1.165) is 31.7 Å². The molecule has 18 heavy (non-hydrogen) atoms. The molecular formula is C15H24N2O. The van der Waals surface area contributed by atoms with Gasteiger partial charge in [-0.1, -0.05) is 31.4 Å². The van der Waals surface area contributed by atoms with Crippen molar-refractivity contribution in [3.8, 4) is 0 Å².